The van der Waals surface area contributed by atoms with E-state index in [4.69, 9.17) is 5.26 Å². The number of aryl methyl sites for hydroxylation is 1. The molecule has 0 aromatic heterocycles. The van der Waals surface area contributed by atoms with Crippen molar-refractivity contribution in [2.45, 2.75) is 18.2 Å². The Hall–Kier alpha value is -0.810. The molecule has 1 rings (SSSR count). The summed E-state index contributed by atoms with van der Waals surface area (Å²) < 4.78 is 0. The SMILES string of the molecule is Cc1cccc(C[C@@H](Br)C#N)c1. The molecular formula is C10H10BrN. The first-order valence-corrected chi connectivity index (χ1v) is 4.73. The standard InChI is InChI=1S/C10H10BrN/c1-8-3-2-4-9(5-8)6-10(11)7-12/h2-5,10H,6H2,1H3/t10-/m1/s1. The van der Waals surface area contributed by atoms with Gasteiger partial charge in [0, 0.05) is 0 Å². The smallest absolute Gasteiger partial charge is 0.105 e. The lowest BCUT2D eigenvalue weighted by atomic mass is 10.1. The number of benzene rings is 1. The second kappa shape index (κ2) is 4.27. The van der Waals surface area contributed by atoms with Crippen LogP contribution in [0, 0.1) is 18.3 Å². The highest BCUT2D eigenvalue weighted by molar-refractivity contribution is 9.09. The van der Waals surface area contributed by atoms with Crippen LogP contribution in [0.3, 0.4) is 0 Å². The fraction of sp³-hybridized carbons (Fsp3) is 0.300. The van der Waals surface area contributed by atoms with Crippen LogP contribution in [0.2, 0.25) is 0 Å². The third-order valence-electron chi connectivity index (χ3n) is 1.64. The van der Waals surface area contributed by atoms with Crippen molar-refractivity contribution in [1.29, 1.82) is 5.26 Å². The van der Waals surface area contributed by atoms with E-state index in [0.29, 0.717) is 0 Å². The monoisotopic (exact) mass is 223 g/mol. The maximum Gasteiger partial charge on any atom is 0.105 e. The van der Waals surface area contributed by atoms with Crippen molar-refractivity contribution in [3.63, 3.8) is 0 Å². The van der Waals surface area contributed by atoms with Crippen molar-refractivity contribution >= 4 is 15.9 Å². The molecule has 62 valence electrons. The van der Waals surface area contributed by atoms with Crippen LogP contribution < -0.4 is 0 Å². The molecule has 0 radical (unpaired) electrons. The van der Waals surface area contributed by atoms with E-state index in [9.17, 15) is 0 Å². The Morgan fingerprint density at radius 2 is 2.33 bits per heavy atom. The van der Waals surface area contributed by atoms with Crippen molar-refractivity contribution in [1.82, 2.24) is 0 Å². The van der Waals surface area contributed by atoms with Gasteiger partial charge in [-0.05, 0) is 18.9 Å². The molecule has 0 N–H and O–H groups in total. The molecule has 0 bridgehead atoms. The Kier molecular flexibility index (Phi) is 3.31. The van der Waals surface area contributed by atoms with Crippen LogP contribution in [0.5, 0.6) is 0 Å². The van der Waals surface area contributed by atoms with E-state index in [1.54, 1.807) is 0 Å². The summed E-state index contributed by atoms with van der Waals surface area (Å²) in [5, 5.41) is 8.57. The first kappa shape index (κ1) is 9.28. The molecule has 1 nitrogen and oxygen atoms in total. The minimum absolute atomic E-state index is 0.0701. The summed E-state index contributed by atoms with van der Waals surface area (Å²) in [6, 6.07) is 10.4. The summed E-state index contributed by atoms with van der Waals surface area (Å²) in [4.78, 5) is -0.0701. The second-order valence-corrected chi connectivity index (χ2v) is 3.90. The summed E-state index contributed by atoms with van der Waals surface area (Å²) in [6.45, 7) is 2.05. The summed E-state index contributed by atoms with van der Waals surface area (Å²) in [6.07, 6.45) is 0.776. The Morgan fingerprint density at radius 1 is 1.58 bits per heavy atom. The molecular weight excluding hydrogens is 214 g/mol. The molecule has 12 heavy (non-hydrogen) atoms. The third-order valence-corrected chi connectivity index (χ3v) is 2.17. The van der Waals surface area contributed by atoms with Crippen LogP contribution in [-0.2, 0) is 6.42 Å². The zero-order valence-electron chi connectivity index (χ0n) is 6.92. The van der Waals surface area contributed by atoms with Crippen LogP contribution in [0.15, 0.2) is 24.3 Å². The van der Waals surface area contributed by atoms with Crippen molar-refractivity contribution in [2.75, 3.05) is 0 Å². The summed E-state index contributed by atoms with van der Waals surface area (Å²) in [7, 11) is 0. The van der Waals surface area contributed by atoms with Crippen molar-refractivity contribution in [3.05, 3.63) is 35.4 Å². The van der Waals surface area contributed by atoms with Gasteiger partial charge in [0.05, 0.1) is 6.07 Å². The topological polar surface area (TPSA) is 23.8 Å². The molecule has 2 heteroatoms. The number of hydrogen-bond donors (Lipinski definition) is 0. The van der Waals surface area contributed by atoms with Crippen molar-refractivity contribution < 1.29 is 0 Å². The van der Waals surface area contributed by atoms with Gasteiger partial charge in [0.2, 0.25) is 0 Å². The minimum Gasteiger partial charge on any atom is -0.197 e. The maximum atomic E-state index is 8.57. The summed E-state index contributed by atoms with van der Waals surface area (Å²) in [5.74, 6) is 0. The van der Waals surface area contributed by atoms with Gasteiger partial charge in [-0.25, -0.2) is 0 Å². The second-order valence-electron chi connectivity index (χ2n) is 2.79. The first-order valence-electron chi connectivity index (χ1n) is 3.81. The van der Waals surface area contributed by atoms with Gasteiger partial charge in [-0.15, -0.1) is 0 Å². The van der Waals surface area contributed by atoms with Gasteiger partial charge >= 0.3 is 0 Å². The van der Waals surface area contributed by atoms with Gasteiger partial charge in [0.25, 0.3) is 0 Å². The van der Waals surface area contributed by atoms with E-state index in [0.717, 1.165) is 6.42 Å². The molecule has 0 saturated carbocycles. The zero-order valence-corrected chi connectivity index (χ0v) is 8.51. The number of nitrogens with zero attached hydrogens (tertiary/aromatic N) is 1. The largest absolute Gasteiger partial charge is 0.197 e. The summed E-state index contributed by atoms with van der Waals surface area (Å²) >= 11 is 3.28. The normalized spacial score (nSPS) is 12.1. The Bertz CT molecular complexity index is 301. The summed E-state index contributed by atoms with van der Waals surface area (Å²) in [5.41, 5.74) is 2.45. The molecule has 0 spiro atoms. The maximum absolute atomic E-state index is 8.57. The fourth-order valence-corrected chi connectivity index (χ4v) is 1.47. The highest BCUT2D eigenvalue weighted by atomic mass is 79.9. The average Bonchev–Trinajstić information content (AvgIpc) is 2.04. The highest BCUT2D eigenvalue weighted by Crippen LogP contribution is 2.10. The van der Waals surface area contributed by atoms with Crippen molar-refractivity contribution in [2.24, 2.45) is 0 Å². The molecule has 0 unspecified atom stereocenters. The van der Waals surface area contributed by atoms with E-state index >= 15 is 0 Å². The molecule has 0 saturated heterocycles. The molecule has 1 atom stereocenters. The molecule has 1 aromatic rings. The van der Waals surface area contributed by atoms with Gasteiger partial charge in [-0.1, -0.05) is 45.8 Å². The molecule has 1 aromatic carbocycles. The quantitative estimate of drug-likeness (QED) is 0.708. The lowest BCUT2D eigenvalue weighted by molar-refractivity contribution is 1.04. The van der Waals surface area contributed by atoms with E-state index in [1.807, 2.05) is 12.1 Å². The van der Waals surface area contributed by atoms with Crippen LogP contribution >= 0.6 is 15.9 Å². The lowest BCUT2D eigenvalue weighted by Gasteiger charge is -2.01. The zero-order chi connectivity index (χ0) is 8.97. The predicted octanol–water partition coefficient (Wildman–Crippen LogP) is 2.82. The van der Waals surface area contributed by atoms with E-state index in [2.05, 4.69) is 41.1 Å². The van der Waals surface area contributed by atoms with Gasteiger partial charge in [0.15, 0.2) is 0 Å². The molecule has 0 aliphatic carbocycles. The van der Waals surface area contributed by atoms with Gasteiger partial charge < -0.3 is 0 Å². The van der Waals surface area contributed by atoms with Gasteiger partial charge in [0.1, 0.15) is 4.83 Å². The van der Waals surface area contributed by atoms with Gasteiger partial charge in [-0.3, -0.25) is 0 Å². The molecule has 0 aliphatic heterocycles. The van der Waals surface area contributed by atoms with E-state index in [1.165, 1.54) is 11.1 Å². The number of rotatable bonds is 2. The van der Waals surface area contributed by atoms with Crippen LogP contribution in [0.1, 0.15) is 11.1 Å². The number of alkyl halides is 1. The van der Waals surface area contributed by atoms with E-state index < -0.39 is 0 Å². The lowest BCUT2D eigenvalue weighted by Crippen LogP contribution is -1.98. The number of halogens is 1. The molecule has 0 heterocycles. The van der Waals surface area contributed by atoms with Crippen LogP contribution in [0.25, 0.3) is 0 Å². The van der Waals surface area contributed by atoms with Crippen molar-refractivity contribution in [3.8, 4) is 6.07 Å². The third kappa shape index (κ3) is 2.67. The fourth-order valence-electron chi connectivity index (χ4n) is 1.09. The number of hydrogen-bond acceptors (Lipinski definition) is 1. The Labute approximate surface area is 81.2 Å². The molecule has 0 aliphatic rings. The average molecular weight is 224 g/mol. The molecule has 0 fully saturated rings. The first-order chi connectivity index (χ1) is 5.72. The van der Waals surface area contributed by atoms with E-state index in [-0.39, 0.29) is 4.83 Å². The Balaban J connectivity index is 2.71. The highest BCUT2D eigenvalue weighted by Gasteiger charge is 2.02. The van der Waals surface area contributed by atoms with Crippen LogP contribution in [0.4, 0.5) is 0 Å². The number of nitriles is 1. The van der Waals surface area contributed by atoms with Crippen LogP contribution in [-0.4, -0.2) is 4.83 Å². The van der Waals surface area contributed by atoms with Gasteiger partial charge in [-0.2, -0.15) is 5.26 Å². The Morgan fingerprint density at radius 3 is 2.92 bits per heavy atom. The predicted molar refractivity (Wildman–Crippen MR) is 53.2 cm³/mol. The molecule has 0 amide bonds. The minimum atomic E-state index is -0.0701.